The summed E-state index contributed by atoms with van der Waals surface area (Å²) in [5.41, 5.74) is 0. The minimum Gasteiger partial charge on any atom is -0.481 e. The predicted octanol–water partition coefficient (Wildman–Crippen LogP) is 1.07. The Morgan fingerprint density at radius 3 is 1.91 bits per heavy atom. The molecule has 0 aromatic carbocycles. The van der Waals surface area contributed by atoms with E-state index in [9.17, 15) is 9.59 Å². The van der Waals surface area contributed by atoms with Gasteiger partial charge >= 0.3 is 11.9 Å². The predicted molar refractivity (Wildman–Crippen MR) is 45.3 cm³/mol. The van der Waals surface area contributed by atoms with Crippen LogP contribution in [0, 0.1) is 0 Å². The van der Waals surface area contributed by atoms with Crippen LogP contribution in [0.5, 0.6) is 0 Å². The van der Waals surface area contributed by atoms with Crippen LogP contribution >= 0.6 is 31.9 Å². The zero-order valence-corrected chi connectivity index (χ0v) is 8.55. The fourth-order valence-corrected chi connectivity index (χ4v) is 1.10. The molecule has 4 nitrogen and oxygen atoms in total. The van der Waals surface area contributed by atoms with Gasteiger partial charge in [-0.3, -0.25) is 9.59 Å². The SMILES string of the molecule is O=C(O)CC(Br)(CBr)C(=O)O. The van der Waals surface area contributed by atoms with Gasteiger partial charge in [-0.1, -0.05) is 31.9 Å². The highest BCUT2D eigenvalue weighted by molar-refractivity contribution is 9.12. The first-order valence-corrected chi connectivity index (χ1v) is 4.54. The molecular formula is C5H6Br2O4. The van der Waals surface area contributed by atoms with E-state index in [-0.39, 0.29) is 5.33 Å². The summed E-state index contributed by atoms with van der Waals surface area (Å²) in [7, 11) is 0. The number of hydrogen-bond donors (Lipinski definition) is 2. The average Bonchev–Trinajstić information content (AvgIpc) is 1.86. The monoisotopic (exact) mass is 288 g/mol. The summed E-state index contributed by atoms with van der Waals surface area (Å²) >= 11 is 5.73. The molecule has 0 bridgehead atoms. The third-order valence-corrected chi connectivity index (χ3v) is 3.64. The van der Waals surface area contributed by atoms with Crippen molar-refractivity contribution in [2.24, 2.45) is 0 Å². The van der Waals surface area contributed by atoms with Gasteiger partial charge in [0.05, 0.1) is 6.42 Å². The molecule has 0 aromatic heterocycles. The lowest BCUT2D eigenvalue weighted by Gasteiger charge is -2.16. The van der Waals surface area contributed by atoms with Crippen molar-refractivity contribution in [3.8, 4) is 0 Å². The summed E-state index contributed by atoms with van der Waals surface area (Å²) in [6.45, 7) is 0. The van der Waals surface area contributed by atoms with Crippen molar-refractivity contribution < 1.29 is 19.8 Å². The molecule has 0 aromatic rings. The van der Waals surface area contributed by atoms with E-state index in [0.717, 1.165) is 0 Å². The van der Waals surface area contributed by atoms with E-state index in [1.165, 1.54) is 0 Å². The Hall–Kier alpha value is -0.100. The molecule has 0 fully saturated rings. The Labute approximate surface area is 79.8 Å². The molecule has 0 heterocycles. The first-order chi connectivity index (χ1) is 4.92. The quantitative estimate of drug-likeness (QED) is 0.760. The van der Waals surface area contributed by atoms with Crippen molar-refractivity contribution in [1.29, 1.82) is 0 Å². The van der Waals surface area contributed by atoms with Crippen LogP contribution in [0.25, 0.3) is 0 Å². The van der Waals surface area contributed by atoms with Gasteiger partial charge in [0.25, 0.3) is 0 Å². The van der Waals surface area contributed by atoms with Gasteiger partial charge in [0.2, 0.25) is 0 Å². The standard InChI is InChI=1S/C5H6Br2O4/c6-2-5(7,4(10)11)1-3(8)9/h1-2H2,(H,8,9)(H,10,11). The normalized spacial score (nSPS) is 15.5. The maximum Gasteiger partial charge on any atom is 0.321 e. The Balaban J connectivity index is 4.34. The number of hydrogen-bond acceptors (Lipinski definition) is 2. The Kier molecular flexibility index (Phi) is 4.02. The van der Waals surface area contributed by atoms with Crippen LogP contribution in [0.2, 0.25) is 0 Å². The van der Waals surface area contributed by atoms with Gasteiger partial charge in [-0.05, 0) is 0 Å². The molecule has 1 atom stereocenters. The van der Waals surface area contributed by atoms with Crippen LogP contribution in [-0.2, 0) is 9.59 Å². The molecular weight excluding hydrogens is 284 g/mol. The van der Waals surface area contributed by atoms with Gasteiger partial charge in [-0.15, -0.1) is 0 Å². The molecule has 0 radical (unpaired) electrons. The second kappa shape index (κ2) is 4.06. The van der Waals surface area contributed by atoms with Crippen molar-refractivity contribution in [3.63, 3.8) is 0 Å². The van der Waals surface area contributed by atoms with E-state index in [4.69, 9.17) is 10.2 Å². The number of rotatable bonds is 4. The highest BCUT2D eigenvalue weighted by Gasteiger charge is 2.36. The first kappa shape index (κ1) is 10.9. The van der Waals surface area contributed by atoms with Gasteiger partial charge in [-0.25, -0.2) is 0 Å². The zero-order valence-electron chi connectivity index (χ0n) is 5.38. The van der Waals surface area contributed by atoms with Crippen molar-refractivity contribution in [1.82, 2.24) is 0 Å². The molecule has 6 heteroatoms. The first-order valence-electron chi connectivity index (χ1n) is 2.62. The van der Waals surface area contributed by atoms with Crippen molar-refractivity contribution >= 4 is 43.8 Å². The molecule has 0 saturated heterocycles. The molecule has 0 rings (SSSR count). The Morgan fingerprint density at radius 2 is 1.82 bits per heavy atom. The molecule has 0 aliphatic carbocycles. The van der Waals surface area contributed by atoms with E-state index in [2.05, 4.69) is 31.9 Å². The molecule has 2 N–H and O–H groups in total. The van der Waals surface area contributed by atoms with Gasteiger partial charge in [0.15, 0.2) is 0 Å². The smallest absolute Gasteiger partial charge is 0.321 e. The lowest BCUT2D eigenvalue weighted by atomic mass is 10.1. The number of alkyl halides is 2. The van der Waals surface area contributed by atoms with Gasteiger partial charge in [-0.2, -0.15) is 0 Å². The number of carbonyl (C=O) groups is 2. The van der Waals surface area contributed by atoms with E-state index in [1.807, 2.05) is 0 Å². The van der Waals surface area contributed by atoms with E-state index in [0.29, 0.717) is 0 Å². The summed E-state index contributed by atoms with van der Waals surface area (Å²) in [5.74, 6) is -2.33. The van der Waals surface area contributed by atoms with E-state index < -0.39 is 22.7 Å². The maximum atomic E-state index is 10.4. The van der Waals surface area contributed by atoms with Gasteiger partial charge in [0, 0.05) is 5.33 Å². The molecule has 0 aliphatic rings. The van der Waals surface area contributed by atoms with Gasteiger partial charge in [0.1, 0.15) is 4.32 Å². The fraction of sp³-hybridized carbons (Fsp3) is 0.600. The van der Waals surface area contributed by atoms with Crippen LogP contribution in [0.1, 0.15) is 6.42 Å². The highest BCUT2D eigenvalue weighted by Crippen LogP contribution is 2.25. The lowest BCUT2D eigenvalue weighted by molar-refractivity contribution is -0.145. The van der Waals surface area contributed by atoms with Crippen molar-refractivity contribution in [2.45, 2.75) is 10.7 Å². The summed E-state index contributed by atoms with van der Waals surface area (Å²) in [4.78, 5) is 20.6. The summed E-state index contributed by atoms with van der Waals surface area (Å²) in [5, 5.41) is 16.9. The van der Waals surface area contributed by atoms with Crippen LogP contribution in [-0.4, -0.2) is 31.8 Å². The second-order valence-electron chi connectivity index (χ2n) is 1.97. The largest absolute Gasteiger partial charge is 0.481 e. The van der Waals surface area contributed by atoms with Crippen LogP contribution in [0.4, 0.5) is 0 Å². The summed E-state index contributed by atoms with van der Waals surface area (Å²) in [6, 6.07) is 0. The van der Waals surface area contributed by atoms with Crippen LogP contribution in [0.3, 0.4) is 0 Å². The minimum absolute atomic E-state index is 0.0572. The average molecular weight is 290 g/mol. The molecule has 0 amide bonds. The molecule has 0 spiro atoms. The zero-order chi connectivity index (χ0) is 9.07. The minimum atomic E-state index is -1.39. The Morgan fingerprint density at radius 1 is 1.36 bits per heavy atom. The van der Waals surface area contributed by atoms with Crippen LogP contribution in [0.15, 0.2) is 0 Å². The van der Waals surface area contributed by atoms with Crippen LogP contribution < -0.4 is 0 Å². The number of carboxylic acid groups (broad SMARTS) is 2. The number of aliphatic carboxylic acids is 2. The highest BCUT2D eigenvalue weighted by atomic mass is 79.9. The third kappa shape index (κ3) is 3.20. The fourth-order valence-electron chi connectivity index (χ4n) is 0.420. The number of halogens is 2. The molecule has 64 valence electrons. The molecule has 11 heavy (non-hydrogen) atoms. The second-order valence-corrected chi connectivity index (χ2v) is 4.05. The van der Waals surface area contributed by atoms with E-state index >= 15 is 0 Å². The lowest BCUT2D eigenvalue weighted by Crippen LogP contribution is -2.36. The molecule has 0 aliphatic heterocycles. The molecule has 0 saturated carbocycles. The summed E-state index contributed by atoms with van der Waals surface area (Å²) < 4.78 is -1.39. The Bertz CT molecular complexity index is 181. The third-order valence-electron chi connectivity index (χ3n) is 1.03. The van der Waals surface area contributed by atoms with Crippen molar-refractivity contribution in [2.75, 3.05) is 5.33 Å². The van der Waals surface area contributed by atoms with Gasteiger partial charge < -0.3 is 10.2 Å². The van der Waals surface area contributed by atoms with Crippen molar-refractivity contribution in [3.05, 3.63) is 0 Å². The topological polar surface area (TPSA) is 74.6 Å². The molecule has 1 unspecified atom stereocenters. The summed E-state index contributed by atoms with van der Waals surface area (Å²) in [6.07, 6.45) is -0.451. The maximum absolute atomic E-state index is 10.4. The number of carboxylic acids is 2. The van der Waals surface area contributed by atoms with E-state index in [1.54, 1.807) is 0 Å².